The van der Waals surface area contributed by atoms with Crippen LogP contribution in [0.25, 0.3) is 11.0 Å². The molecule has 0 bridgehead atoms. The van der Waals surface area contributed by atoms with Gasteiger partial charge in [-0.05, 0) is 32.4 Å². The Morgan fingerprint density at radius 3 is 2.68 bits per heavy atom. The molecule has 2 aromatic rings. The van der Waals surface area contributed by atoms with E-state index < -0.39 is 5.54 Å². The third-order valence-corrected chi connectivity index (χ3v) is 3.22. The van der Waals surface area contributed by atoms with E-state index in [2.05, 4.69) is 16.5 Å². The second-order valence-corrected chi connectivity index (χ2v) is 5.49. The molecule has 102 valence electrons. The molecule has 2 N–H and O–H groups in total. The van der Waals surface area contributed by atoms with Crippen LogP contribution in [0, 0.1) is 0 Å². The monoisotopic (exact) mass is 259 g/mol. The number of nitrogens with two attached hydrogens (primary N) is 1. The molecule has 0 aliphatic carbocycles. The zero-order chi connectivity index (χ0) is 14.0. The predicted molar refractivity (Wildman–Crippen MR) is 77.0 cm³/mol. The van der Waals surface area contributed by atoms with Crippen LogP contribution >= 0.6 is 0 Å². The van der Waals surface area contributed by atoms with Crippen LogP contribution in [-0.2, 0) is 17.8 Å². The lowest BCUT2D eigenvalue weighted by Crippen LogP contribution is -2.42. The van der Waals surface area contributed by atoms with Crippen LogP contribution in [0.2, 0.25) is 0 Å². The van der Waals surface area contributed by atoms with E-state index in [1.54, 1.807) is 13.8 Å². The molecule has 0 saturated heterocycles. The Morgan fingerprint density at radius 2 is 2.05 bits per heavy atom. The molecule has 4 heteroatoms. The Kier molecular flexibility index (Phi) is 3.71. The minimum Gasteiger partial charge on any atom is -0.328 e. The lowest BCUT2D eigenvalue weighted by Gasteiger charge is -2.17. The predicted octanol–water partition coefficient (Wildman–Crippen LogP) is 2.30. The Morgan fingerprint density at radius 1 is 1.37 bits per heavy atom. The van der Waals surface area contributed by atoms with E-state index in [1.165, 1.54) is 0 Å². The normalized spacial score (nSPS) is 12.0. The van der Waals surface area contributed by atoms with Gasteiger partial charge in [-0.15, -0.1) is 0 Å². The molecule has 1 aromatic heterocycles. The summed E-state index contributed by atoms with van der Waals surface area (Å²) in [6, 6.07) is 7.97. The zero-order valence-electron chi connectivity index (χ0n) is 11.8. The first-order chi connectivity index (χ1) is 8.93. The van der Waals surface area contributed by atoms with Crippen molar-refractivity contribution in [2.45, 2.75) is 45.7 Å². The van der Waals surface area contributed by atoms with Crippen LogP contribution in [0.4, 0.5) is 0 Å². The highest BCUT2D eigenvalue weighted by Crippen LogP contribution is 2.18. The summed E-state index contributed by atoms with van der Waals surface area (Å²) in [6.45, 7) is 6.46. The van der Waals surface area contributed by atoms with Crippen molar-refractivity contribution in [3.8, 4) is 0 Å². The molecular formula is C15H21N3O. The molecule has 19 heavy (non-hydrogen) atoms. The van der Waals surface area contributed by atoms with Gasteiger partial charge in [-0.25, -0.2) is 4.98 Å². The van der Waals surface area contributed by atoms with Gasteiger partial charge in [-0.1, -0.05) is 19.1 Å². The van der Waals surface area contributed by atoms with Crippen molar-refractivity contribution < 1.29 is 4.79 Å². The topological polar surface area (TPSA) is 60.9 Å². The SMILES string of the molecule is CCCn1c(CC(=O)C(C)(C)N)nc2ccccc21. The first-order valence-corrected chi connectivity index (χ1v) is 6.70. The minimum absolute atomic E-state index is 0.0140. The number of benzene rings is 1. The van der Waals surface area contributed by atoms with Gasteiger partial charge in [0.05, 0.1) is 23.0 Å². The molecule has 1 heterocycles. The molecule has 0 unspecified atom stereocenters. The lowest BCUT2D eigenvalue weighted by atomic mass is 9.98. The molecule has 0 spiro atoms. The van der Waals surface area contributed by atoms with E-state index in [0.29, 0.717) is 0 Å². The molecule has 0 amide bonds. The van der Waals surface area contributed by atoms with E-state index in [0.717, 1.165) is 29.8 Å². The number of nitrogens with zero attached hydrogens (tertiary/aromatic N) is 2. The van der Waals surface area contributed by atoms with Crippen LogP contribution in [0.5, 0.6) is 0 Å². The third-order valence-electron chi connectivity index (χ3n) is 3.22. The van der Waals surface area contributed by atoms with E-state index >= 15 is 0 Å². The third kappa shape index (κ3) is 2.84. The quantitative estimate of drug-likeness (QED) is 0.896. The van der Waals surface area contributed by atoms with Gasteiger partial charge < -0.3 is 10.3 Å². The number of carbonyl (C=O) groups excluding carboxylic acids is 1. The van der Waals surface area contributed by atoms with Gasteiger partial charge in [0.15, 0.2) is 5.78 Å². The number of imidazole rings is 1. The number of hydrogen-bond donors (Lipinski definition) is 1. The van der Waals surface area contributed by atoms with Gasteiger partial charge in [0.25, 0.3) is 0 Å². The Labute approximate surface area is 113 Å². The zero-order valence-corrected chi connectivity index (χ0v) is 11.8. The van der Waals surface area contributed by atoms with Crippen molar-refractivity contribution in [1.82, 2.24) is 9.55 Å². The second kappa shape index (κ2) is 5.13. The fraction of sp³-hybridized carbons (Fsp3) is 0.467. The van der Waals surface area contributed by atoms with Crippen LogP contribution in [0.3, 0.4) is 0 Å². The summed E-state index contributed by atoms with van der Waals surface area (Å²) in [5.74, 6) is 0.826. The number of ketones is 1. The van der Waals surface area contributed by atoms with E-state index in [-0.39, 0.29) is 12.2 Å². The van der Waals surface area contributed by atoms with Gasteiger partial charge >= 0.3 is 0 Å². The van der Waals surface area contributed by atoms with Crippen molar-refractivity contribution in [2.24, 2.45) is 5.73 Å². The first kappa shape index (κ1) is 13.7. The number of Topliss-reactive ketones (excluding diaryl/α,β-unsaturated/α-hetero) is 1. The van der Waals surface area contributed by atoms with Gasteiger partial charge in [-0.3, -0.25) is 4.79 Å². The van der Waals surface area contributed by atoms with Crippen molar-refractivity contribution in [1.29, 1.82) is 0 Å². The summed E-state index contributed by atoms with van der Waals surface area (Å²) in [5.41, 5.74) is 7.07. The number of aryl methyl sites for hydroxylation is 1. The van der Waals surface area contributed by atoms with Crippen LogP contribution in [0.15, 0.2) is 24.3 Å². The summed E-state index contributed by atoms with van der Waals surface area (Å²) < 4.78 is 2.12. The summed E-state index contributed by atoms with van der Waals surface area (Å²) in [5, 5.41) is 0. The number of carbonyl (C=O) groups is 1. The molecule has 0 fully saturated rings. The Balaban J connectivity index is 2.42. The average molecular weight is 259 g/mol. The average Bonchev–Trinajstić information content (AvgIpc) is 2.67. The molecular weight excluding hydrogens is 238 g/mol. The largest absolute Gasteiger partial charge is 0.328 e. The van der Waals surface area contributed by atoms with Crippen molar-refractivity contribution >= 4 is 16.8 Å². The highest BCUT2D eigenvalue weighted by Gasteiger charge is 2.24. The highest BCUT2D eigenvalue weighted by molar-refractivity contribution is 5.89. The highest BCUT2D eigenvalue weighted by atomic mass is 16.1. The molecule has 0 aliphatic heterocycles. The van der Waals surface area contributed by atoms with E-state index in [9.17, 15) is 4.79 Å². The van der Waals surface area contributed by atoms with Crippen molar-refractivity contribution in [3.05, 3.63) is 30.1 Å². The number of fused-ring (bicyclic) bond motifs is 1. The maximum absolute atomic E-state index is 12.1. The van der Waals surface area contributed by atoms with E-state index in [1.807, 2.05) is 24.3 Å². The van der Waals surface area contributed by atoms with Crippen LogP contribution in [0.1, 0.15) is 33.0 Å². The van der Waals surface area contributed by atoms with Crippen molar-refractivity contribution in [3.63, 3.8) is 0 Å². The van der Waals surface area contributed by atoms with Crippen molar-refractivity contribution in [2.75, 3.05) is 0 Å². The Hall–Kier alpha value is -1.68. The minimum atomic E-state index is -0.810. The first-order valence-electron chi connectivity index (χ1n) is 6.70. The fourth-order valence-electron chi connectivity index (χ4n) is 2.10. The number of para-hydroxylation sites is 2. The number of hydrogen-bond acceptors (Lipinski definition) is 3. The summed E-state index contributed by atoms with van der Waals surface area (Å²) in [6.07, 6.45) is 1.30. The second-order valence-electron chi connectivity index (χ2n) is 5.49. The van der Waals surface area contributed by atoms with Gasteiger partial charge in [0.1, 0.15) is 5.82 Å². The van der Waals surface area contributed by atoms with E-state index in [4.69, 9.17) is 5.73 Å². The molecule has 4 nitrogen and oxygen atoms in total. The summed E-state index contributed by atoms with van der Waals surface area (Å²) in [4.78, 5) is 16.7. The molecule has 2 rings (SSSR count). The molecule has 0 saturated carbocycles. The number of rotatable bonds is 5. The molecule has 0 atom stereocenters. The molecule has 0 aliphatic rings. The fourth-order valence-corrected chi connectivity index (χ4v) is 2.10. The molecule has 0 radical (unpaired) electrons. The maximum atomic E-state index is 12.1. The standard InChI is InChI=1S/C15H21N3O/c1-4-9-18-12-8-6-5-7-11(12)17-14(18)10-13(19)15(2,3)16/h5-8H,4,9-10,16H2,1-3H3. The van der Waals surface area contributed by atoms with Crippen LogP contribution in [-0.4, -0.2) is 20.9 Å². The molecule has 1 aromatic carbocycles. The smallest absolute Gasteiger partial charge is 0.159 e. The lowest BCUT2D eigenvalue weighted by molar-refractivity contribution is -0.122. The summed E-state index contributed by atoms with van der Waals surface area (Å²) >= 11 is 0. The Bertz CT molecular complexity index is 593. The van der Waals surface area contributed by atoms with Gasteiger partial charge in [0.2, 0.25) is 0 Å². The number of aromatic nitrogens is 2. The van der Waals surface area contributed by atoms with Gasteiger partial charge in [-0.2, -0.15) is 0 Å². The van der Waals surface area contributed by atoms with Gasteiger partial charge in [0, 0.05) is 6.54 Å². The summed E-state index contributed by atoms with van der Waals surface area (Å²) in [7, 11) is 0. The maximum Gasteiger partial charge on any atom is 0.159 e. The van der Waals surface area contributed by atoms with Crippen LogP contribution < -0.4 is 5.73 Å².